The summed E-state index contributed by atoms with van der Waals surface area (Å²) in [5.41, 5.74) is 8.80. The van der Waals surface area contributed by atoms with E-state index < -0.39 is 0 Å². The van der Waals surface area contributed by atoms with Crippen molar-refractivity contribution in [3.05, 3.63) is 35.8 Å². The highest BCUT2D eigenvalue weighted by atomic mass is 15.3. The first-order chi connectivity index (χ1) is 7.66. The molecule has 2 rings (SSSR count). The minimum absolute atomic E-state index is 0.661. The molecule has 16 heavy (non-hydrogen) atoms. The Hall–Kier alpha value is -2.04. The van der Waals surface area contributed by atoms with E-state index in [2.05, 4.69) is 15.4 Å². The Kier molecular flexibility index (Phi) is 2.76. The van der Waals surface area contributed by atoms with Crippen molar-refractivity contribution in [1.29, 1.82) is 0 Å². The van der Waals surface area contributed by atoms with Crippen LogP contribution in [0, 0.1) is 6.92 Å². The van der Waals surface area contributed by atoms with Crippen molar-refractivity contribution in [3.8, 4) is 0 Å². The number of hydrogen-bond donors (Lipinski definition) is 2. The van der Waals surface area contributed by atoms with Crippen LogP contribution in [0.5, 0.6) is 0 Å². The molecule has 0 aromatic carbocycles. The second-order valence-electron chi connectivity index (χ2n) is 3.76. The van der Waals surface area contributed by atoms with Crippen molar-refractivity contribution in [2.45, 2.75) is 13.5 Å². The van der Waals surface area contributed by atoms with E-state index in [-0.39, 0.29) is 0 Å². The van der Waals surface area contributed by atoms with Crippen LogP contribution in [0.4, 0.5) is 11.5 Å². The van der Waals surface area contributed by atoms with Gasteiger partial charge in [0.25, 0.3) is 0 Å². The molecule has 84 valence electrons. The number of nitrogens with two attached hydrogens (primary N) is 1. The van der Waals surface area contributed by atoms with Crippen LogP contribution in [0.2, 0.25) is 0 Å². The van der Waals surface area contributed by atoms with Crippen LogP contribution in [0.15, 0.2) is 24.7 Å². The van der Waals surface area contributed by atoms with Crippen LogP contribution in [0.3, 0.4) is 0 Å². The molecule has 0 radical (unpaired) electrons. The van der Waals surface area contributed by atoms with Gasteiger partial charge in [0.1, 0.15) is 0 Å². The monoisotopic (exact) mass is 217 g/mol. The molecular weight excluding hydrogens is 202 g/mol. The van der Waals surface area contributed by atoms with Gasteiger partial charge in [0.15, 0.2) is 5.82 Å². The van der Waals surface area contributed by atoms with Crippen molar-refractivity contribution < 1.29 is 0 Å². The number of rotatable bonds is 3. The van der Waals surface area contributed by atoms with Crippen molar-refractivity contribution in [3.63, 3.8) is 0 Å². The second-order valence-corrected chi connectivity index (χ2v) is 3.76. The van der Waals surface area contributed by atoms with Gasteiger partial charge in [0.2, 0.25) is 0 Å². The zero-order valence-electron chi connectivity index (χ0n) is 9.44. The first kappa shape index (κ1) is 10.5. The minimum Gasteiger partial charge on any atom is -0.394 e. The summed E-state index contributed by atoms with van der Waals surface area (Å²) in [6, 6.07) is 1.99. The molecule has 0 spiro atoms. The molecule has 2 heterocycles. The van der Waals surface area contributed by atoms with Crippen LogP contribution < -0.4 is 11.1 Å². The van der Waals surface area contributed by atoms with Crippen LogP contribution in [-0.2, 0) is 13.6 Å². The molecule has 0 fully saturated rings. The summed E-state index contributed by atoms with van der Waals surface area (Å²) in [7, 11) is 1.85. The Balaban J connectivity index is 2.08. The first-order valence-corrected chi connectivity index (χ1v) is 5.09. The molecule has 0 bridgehead atoms. The van der Waals surface area contributed by atoms with Crippen LogP contribution in [0.1, 0.15) is 11.1 Å². The molecule has 2 aromatic rings. The van der Waals surface area contributed by atoms with E-state index in [1.54, 1.807) is 17.1 Å². The summed E-state index contributed by atoms with van der Waals surface area (Å²) in [5.74, 6) is 0.721. The van der Waals surface area contributed by atoms with E-state index in [0.29, 0.717) is 12.2 Å². The lowest BCUT2D eigenvalue weighted by molar-refractivity contribution is 0.768. The highest BCUT2D eigenvalue weighted by molar-refractivity contribution is 5.59. The molecule has 0 aliphatic heterocycles. The third-order valence-corrected chi connectivity index (χ3v) is 2.44. The van der Waals surface area contributed by atoms with Gasteiger partial charge in [-0.15, -0.1) is 0 Å². The minimum atomic E-state index is 0.661. The zero-order valence-corrected chi connectivity index (χ0v) is 9.44. The number of pyridine rings is 1. The Morgan fingerprint density at radius 2 is 2.31 bits per heavy atom. The molecule has 3 N–H and O–H groups in total. The highest BCUT2D eigenvalue weighted by Crippen LogP contribution is 2.16. The lowest BCUT2D eigenvalue weighted by Gasteiger charge is -2.06. The fourth-order valence-electron chi connectivity index (χ4n) is 1.52. The lowest BCUT2D eigenvalue weighted by Crippen LogP contribution is -2.04. The summed E-state index contributed by atoms with van der Waals surface area (Å²) in [6.45, 7) is 2.74. The smallest absolute Gasteiger partial charge is 0.171 e. The van der Waals surface area contributed by atoms with Crippen molar-refractivity contribution in [2.75, 3.05) is 11.1 Å². The fourth-order valence-corrected chi connectivity index (χ4v) is 1.52. The van der Waals surface area contributed by atoms with E-state index in [1.807, 2.05) is 26.2 Å². The predicted octanol–water partition coefficient (Wildman–Crippen LogP) is 1.32. The number of anilines is 2. The summed E-state index contributed by atoms with van der Waals surface area (Å²) in [5, 5.41) is 7.43. The molecule has 0 unspecified atom stereocenters. The number of nitrogen functional groups attached to an aromatic ring is 1. The molecule has 0 aliphatic rings. The highest BCUT2D eigenvalue weighted by Gasteiger charge is 2.04. The second kappa shape index (κ2) is 4.22. The third kappa shape index (κ3) is 2.13. The van der Waals surface area contributed by atoms with Gasteiger partial charge in [0, 0.05) is 32.2 Å². The molecule has 0 atom stereocenters. The Morgan fingerprint density at radius 1 is 1.50 bits per heavy atom. The summed E-state index contributed by atoms with van der Waals surface area (Å²) >= 11 is 0. The van der Waals surface area contributed by atoms with Crippen molar-refractivity contribution in [1.82, 2.24) is 14.8 Å². The van der Waals surface area contributed by atoms with Gasteiger partial charge in [-0.3, -0.25) is 9.67 Å². The molecule has 0 amide bonds. The quantitative estimate of drug-likeness (QED) is 0.813. The number of hydrogen-bond acceptors (Lipinski definition) is 4. The normalized spacial score (nSPS) is 10.4. The Labute approximate surface area is 94.3 Å². The largest absolute Gasteiger partial charge is 0.394 e. The van der Waals surface area contributed by atoms with Gasteiger partial charge in [-0.2, -0.15) is 5.10 Å². The predicted molar refractivity (Wildman–Crippen MR) is 63.9 cm³/mol. The maximum atomic E-state index is 5.79. The van der Waals surface area contributed by atoms with E-state index in [0.717, 1.165) is 11.4 Å². The molecule has 0 saturated heterocycles. The summed E-state index contributed by atoms with van der Waals surface area (Å²) in [4.78, 5) is 4.05. The van der Waals surface area contributed by atoms with Gasteiger partial charge >= 0.3 is 0 Å². The summed E-state index contributed by atoms with van der Waals surface area (Å²) < 4.78 is 1.69. The SMILES string of the molecule is Cc1cnccc1CNc1nn(C)cc1N. The lowest BCUT2D eigenvalue weighted by atomic mass is 10.1. The Bertz CT molecular complexity index is 489. The number of nitrogens with zero attached hydrogens (tertiary/aromatic N) is 3. The zero-order chi connectivity index (χ0) is 11.5. The standard InChI is InChI=1S/C11H15N5/c1-8-5-13-4-3-9(8)6-14-11-10(12)7-16(2)15-11/h3-5,7H,6,12H2,1-2H3,(H,14,15). The molecule has 2 aromatic heterocycles. The molecule has 0 saturated carbocycles. The van der Waals surface area contributed by atoms with E-state index in [4.69, 9.17) is 5.73 Å². The van der Waals surface area contributed by atoms with E-state index in [9.17, 15) is 0 Å². The van der Waals surface area contributed by atoms with E-state index in [1.165, 1.54) is 5.56 Å². The first-order valence-electron chi connectivity index (χ1n) is 5.09. The number of aromatic nitrogens is 3. The van der Waals surface area contributed by atoms with Crippen molar-refractivity contribution in [2.24, 2.45) is 7.05 Å². The average molecular weight is 217 g/mol. The third-order valence-electron chi connectivity index (χ3n) is 2.44. The molecule has 5 nitrogen and oxygen atoms in total. The maximum Gasteiger partial charge on any atom is 0.171 e. The van der Waals surface area contributed by atoms with Crippen LogP contribution in [0.25, 0.3) is 0 Å². The van der Waals surface area contributed by atoms with Gasteiger partial charge in [-0.1, -0.05) is 0 Å². The maximum absolute atomic E-state index is 5.79. The van der Waals surface area contributed by atoms with Gasteiger partial charge in [-0.05, 0) is 24.1 Å². The Morgan fingerprint density at radius 3 is 2.94 bits per heavy atom. The molecule has 0 aliphatic carbocycles. The topological polar surface area (TPSA) is 68.8 Å². The average Bonchev–Trinajstić information content (AvgIpc) is 2.56. The molecule has 5 heteroatoms. The number of aryl methyl sites for hydroxylation is 2. The van der Waals surface area contributed by atoms with Crippen LogP contribution in [-0.4, -0.2) is 14.8 Å². The number of nitrogens with one attached hydrogen (secondary N) is 1. The van der Waals surface area contributed by atoms with Gasteiger partial charge in [0.05, 0.1) is 5.69 Å². The van der Waals surface area contributed by atoms with Crippen molar-refractivity contribution >= 4 is 11.5 Å². The van der Waals surface area contributed by atoms with Gasteiger partial charge < -0.3 is 11.1 Å². The van der Waals surface area contributed by atoms with E-state index >= 15 is 0 Å². The van der Waals surface area contributed by atoms with Crippen LogP contribution >= 0.6 is 0 Å². The fraction of sp³-hybridized carbons (Fsp3) is 0.273. The summed E-state index contributed by atoms with van der Waals surface area (Å²) in [6.07, 6.45) is 5.41. The van der Waals surface area contributed by atoms with Gasteiger partial charge in [-0.25, -0.2) is 0 Å². The molecular formula is C11H15N5.